The molecule has 1 N–H and O–H groups in total. The number of piperazine rings is 1. The Bertz CT molecular complexity index is 1560. The van der Waals surface area contributed by atoms with E-state index in [9.17, 15) is 22.8 Å². The summed E-state index contributed by atoms with van der Waals surface area (Å²) in [7, 11) is 1.52. The first-order valence-electron chi connectivity index (χ1n) is 13.5. The normalized spacial score (nSPS) is 13.6. The second-order valence-electron chi connectivity index (χ2n) is 9.69. The summed E-state index contributed by atoms with van der Waals surface area (Å²) in [6.07, 6.45) is -4.56. The summed E-state index contributed by atoms with van der Waals surface area (Å²) in [5.41, 5.74) is 0.804. The third kappa shape index (κ3) is 7.28. The Labute approximate surface area is 250 Å². The first-order chi connectivity index (χ1) is 20.7. The molecule has 0 saturated carbocycles. The SMILES string of the molecule is COc1ccc(C(=O)NCc2nnc(SCC(=O)N3CCN(c4ccccc4)CC3)n2-c2cccc(C(F)(F)F)c2)cc1. The second kappa shape index (κ2) is 13.2. The van der Waals surface area contributed by atoms with Crippen LogP contribution in [0.1, 0.15) is 21.7 Å². The molecular formula is C30H29F3N6O3S. The number of amides is 2. The van der Waals surface area contributed by atoms with Crippen molar-refractivity contribution in [2.45, 2.75) is 17.9 Å². The number of ether oxygens (including phenoxy) is 1. The van der Waals surface area contributed by atoms with Crippen LogP contribution < -0.4 is 15.0 Å². The summed E-state index contributed by atoms with van der Waals surface area (Å²) < 4.78 is 47.2. The zero-order valence-electron chi connectivity index (χ0n) is 23.3. The molecule has 43 heavy (non-hydrogen) atoms. The van der Waals surface area contributed by atoms with Gasteiger partial charge in [-0.1, -0.05) is 36.0 Å². The Balaban J connectivity index is 1.30. The molecule has 3 aromatic carbocycles. The van der Waals surface area contributed by atoms with Crippen molar-refractivity contribution in [3.8, 4) is 11.4 Å². The van der Waals surface area contributed by atoms with Gasteiger partial charge in [0.1, 0.15) is 5.75 Å². The fraction of sp³-hybridized carbons (Fsp3) is 0.267. The molecule has 9 nitrogen and oxygen atoms in total. The number of para-hydroxylation sites is 1. The number of nitrogens with one attached hydrogen (secondary N) is 1. The number of carbonyl (C=O) groups excluding carboxylic acids is 2. The molecular weight excluding hydrogens is 581 g/mol. The minimum Gasteiger partial charge on any atom is -0.497 e. The Morgan fingerprint density at radius 2 is 1.60 bits per heavy atom. The lowest BCUT2D eigenvalue weighted by Crippen LogP contribution is -2.49. The van der Waals surface area contributed by atoms with Gasteiger partial charge in [-0.05, 0) is 54.6 Å². The molecule has 0 spiro atoms. The van der Waals surface area contributed by atoms with Crippen molar-refractivity contribution in [2.24, 2.45) is 0 Å². The first kappa shape index (κ1) is 30.0. The summed E-state index contributed by atoms with van der Waals surface area (Å²) in [4.78, 5) is 29.8. The topological polar surface area (TPSA) is 92.6 Å². The van der Waals surface area contributed by atoms with E-state index in [0.717, 1.165) is 29.6 Å². The number of halogens is 3. The van der Waals surface area contributed by atoms with Gasteiger partial charge in [0, 0.05) is 37.4 Å². The van der Waals surface area contributed by atoms with E-state index in [1.807, 2.05) is 30.3 Å². The van der Waals surface area contributed by atoms with Crippen LogP contribution in [0.5, 0.6) is 5.75 Å². The van der Waals surface area contributed by atoms with Gasteiger partial charge in [0.25, 0.3) is 5.91 Å². The summed E-state index contributed by atoms with van der Waals surface area (Å²) in [6, 6.07) is 21.2. The smallest absolute Gasteiger partial charge is 0.416 e. The number of alkyl halides is 3. The van der Waals surface area contributed by atoms with Crippen molar-refractivity contribution in [3.63, 3.8) is 0 Å². The standard InChI is InChI=1S/C30H29F3N6O3S/c1-42-25-12-10-21(11-13-25)28(41)34-19-26-35-36-29(39(26)24-9-5-6-22(18-24)30(31,32)33)43-20-27(40)38-16-14-37(15-17-38)23-7-3-2-4-8-23/h2-13,18H,14-17,19-20H2,1H3,(H,34,41). The molecule has 1 aromatic heterocycles. The Kier molecular flexibility index (Phi) is 9.19. The third-order valence-electron chi connectivity index (χ3n) is 6.97. The highest BCUT2D eigenvalue weighted by Crippen LogP contribution is 2.32. The highest BCUT2D eigenvalue weighted by molar-refractivity contribution is 7.99. The molecule has 13 heteroatoms. The molecule has 4 aromatic rings. The summed E-state index contributed by atoms with van der Waals surface area (Å²) in [6.45, 7) is 2.39. The van der Waals surface area contributed by atoms with E-state index in [1.165, 1.54) is 23.8 Å². The lowest BCUT2D eigenvalue weighted by atomic mass is 10.2. The molecule has 2 amide bonds. The van der Waals surface area contributed by atoms with Crippen LogP contribution in [-0.4, -0.2) is 70.5 Å². The van der Waals surface area contributed by atoms with Crippen LogP contribution >= 0.6 is 11.8 Å². The Morgan fingerprint density at radius 1 is 0.907 bits per heavy atom. The molecule has 2 heterocycles. The number of anilines is 1. The monoisotopic (exact) mass is 610 g/mol. The zero-order valence-corrected chi connectivity index (χ0v) is 24.1. The average Bonchev–Trinajstić information content (AvgIpc) is 3.45. The highest BCUT2D eigenvalue weighted by atomic mass is 32.2. The van der Waals surface area contributed by atoms with Gasteiger partial charge in [-0.25, -0.2) is 0 Å². The van der Waals surface area contributed by atoms with E-state index in [2.05, 4.69) is 20.4 Å². The van der Waals surface area contributed by atoms with E-state index < -0.39 is 17.6 Å². The highest BCUT2D eigenvalue weighted by Gasteiger charge is 2.31. The molecule has 1 saturated heterocycles. The van der Waals surface area contributed by atoms with Crippen LogP contribution in [0.25, 0.3) is 5.69 Å². The zero-order chi connectivity index (χ0) is 30.4. The molecule has 0 atom stereocenters. The van der Waals surface area contributed by atoms with Crippen molar-refractivity contribution in [2.75, 3.05) is 43.9 Å². The number of nitrogens with zero attached hydrogens (tertiary/aromatic N) is 5. The van der Waals surface area contributed by atoms with Gasteiger partial charge in [0.2, 0.25) is 5.91 Å². The number of rotatable bonds is 9. The van der Waals surface area contributed by atoms with Crippen LogP contribution in [0.15, 0.2) is 84.0 Å². The number of benzene rings is 3. The van der Waals surface area contributed by atoms with E-state index in [1.54, 1.807) is 29.2 Å². The van der Waals surface area contributed by atoms with Gasteiger partial charge in [-0.2, -0.15) is 13.2 Å². The fourth-order valence-corrected chi connectivity index (χ4v) is 5.54. The van der Waals surface area contributed by atoms with Crippen molar-refractivity contribution in [3.05, 3.63) is 95.8 Å². The van der Waals surface area contributed by atoms with Gasteiger partial charge >= 0.3 is 6.18 Å². The number of methoxy groups -OCH3 is 1. The van der Waals surface area contributed by atoms with Crippen LogP contribution in [-0.2, 0) is 17.5 Å². The third-order valence-corrected chi connectivity index (χ3v) is 7.88. The second-order valence-corrected chi connectivity index (χ2v) is 10.6. The number of aromatic nitrogens is 3. The number of hydrogen-bond acceptors (Lipinski definition) is 7. The van der Waals surface area contributed by atoms with Gasteiger partial charge in [-0.15, -0.1) is 10.2 Å². The summed E-state index contributed by atoms with van der Waals surface area (Å²) in [5, 5.41) is 11.3. The van der Waals surface area contributed by atoms with E-state index in [0.29, 0.717) is 37.5 Å². The van der Waals surface area contributed by atoms with Crippen LogP contribution in [0.4, 0.5) is 18.9 Å². The van der Waals surface area contributed by atoms with Gasteiger partial charge in [0.05, 0.1) is 30.7 Å². The van der Waals surface area contributed by atoms with Crippen molar-refractivity contribution in [1.82, 2.24) is 25.0 Å². The molecule has 1 aliphatic heterocycles. The first-order valence-corrected chi connectivity index (χ1v) is 14.5. The van der Waals surface area contributed by atoms with Gasteiger partial charge in [-0.3, -0.25) is 14.2 Å². The minimum absolute atomic E-state index is 0.0284. The predicted molar refractivity (Wildman–Crippen MR) is 156 cm³/mol. The van der Waals surface area contributed by atoms with Crippen LogP contribution in [0, 0.1) is 0 Å². The van der Waals surface area contributed by atoms with Crippen LogP contribution in [0.3, 0.4) is 0 Å². The molecule has 0 bridgehead atoms. The molecule has 1 fully saturated rings. The number of thioether (sulfide) groups is 1. The minimum atomic E-state index is -4.56. The largest absolute Gasteiger partial charge is 0.497 e. The summed E-state index contributed by atoms with van der Waals surface area (Å²) in [5.74, 6) is 0.328. The molecule has 0 unspecified atom stereocenters. The van der Waals surface area contributed by atoms with Gasteiger partial charge < -0.3 is 19.9 Å². The average molecular weight is 611 g/mol. The fourth-order valence-electron chi connectivity index (χ4n) is 4.66. The molecule has 0 aliphatic carbocycles. The van der Waals surface area contributed by atoms with E-state index in [-0.39, 0.29) is 34.9 Å². The molecule has 224 valence electrons. The van der Waals surface area contributed by atoms with Crippen molar-refractivity contribution in [1.29, 1.82) is 0 Å². The van der Waals surface area contributed by atoms with E-state index >= 15 is 0 Å². The predicted octanol–water partition coefficient (Wildman–Crippen LogP) is 4.67. The number of hydrogen-bond donors (Lipinski definition) is 1. The molecule has 0 radical (unpaired) electrons. The van der Waals surface area contributed by atoms with Gasteiger partial charge in [0.15, 0.2) is 11.0 Å². The lowest BCUT2D eigenvalue weighted by Gasteiger charge is -2.36. The number of carbonyl (C=O) groups is 2. The van der Waals surface area contributed by atoms with E-state index in [4.69, 9.17) is 4.74 Å². The molecule has 1 aliphatic rings. The van der Waals surface area contributed by atoms with Crippen molar-refractivity contribution < 1.29 is 27.5 Å². The van der Waals surface area contributed by atoms with Crippen molar-refractivity contribution >= 4 is 29.3 Å². The Hall–Kier alpha value is -4.52. The maximum absolute atomic E-state index is 13.5. The van der Waals surface area contributed by atoms with Crippen LogP contribution in [0.2, 0.25) is 0 Å². The maximum Gasteiger partial charge on any atom is 0.416 e. The quantitative estimate of drug-likeness (QED) is 0.276. The maximum atomic E-state index is 13.5. The summed E-state index contributed by atoms with van der Waals surface area (Å²) >= 11 is 1.09. The lowest BCUT2D eigenvalue weighted by molar-refractivity contribution is -0.137. The Morgan fingerprint density at radius 3 is 2.28 bits per heavy atom. The molecule has 5 rings (SSSR count).